The topological polar surface area (TPSA) is 140 Å². The van der Waals surface area contributed by atoms with Gasteiger partial charge in [0.2, 0.25) is 11.8 Å². The lowest BCUT2D eigenvalue weighted by Gasteiger charge is -2.22. The minimum Gasteiger partial charge on any atom is -0.330 e. The van der Waals surface area contributed by atoms with Crippen molar-refractivity contribution in [3.8, 4) is 0 Å². The SMILES string of the molecule is CC(=O)c1nn(CC(=O)N(CC(=O)Nc2cccc(Cl)n2)C2CC2)c2ccc(CC(=O)CCN)cc12. The first-order valence-electron chi connectivity index (χ1n) is 11.7. The van der Waals surface area contributed by atoms with E-state index in [0.29, 0.717) is 16.7 Å². The molecule has 36 heavy (non-hydrogen) atoms. The van der Waals surface area contributed by atoms with Crippen molar-refractivity contribution in [2.75, 3.05) is 18.4 Å². The maximum atomic E-state index is 13.3. The summed E-state index contributed by atoms with van der Waals surface area (Å²) in [4.78, 5) is 55.7. The zero-order valence-electron chi connectivity index (χ0n) is 19.9. The first-order valence-corrected chi connectivity index (χ1v) is 12.1. The molecule has 1 aliphatic carbocycles. The number of rotatable bonds is 11. The van der Waals surface area contributed by atoms with Crippen molar-refractivity contribution >= 4 is 51.7 Å². The highest BCUT2D eigenvalue weighted by Gasteiger charge is 2.34. The van der Waals surface area contributed by atoms with Gasteiger partial charge < -0.3 is 16.0 Å². The van der Waals surface area contributed by atoms with Crippen LogP contribution >= 0.6 is 11.6 Å². The molecule has 188 valence electrons. The Bertz CT molecular complexity index is 1330. The number of pyridine rings is 1. The number of aromatic nitrogens is 3. The van der Waals surface area contributed by atoms with Gasteiger partial charge in [-0.2, -0.15) is 5.10 Å². The first kappa shape index (κ1) is 25.5. The molecule has 0 aliphatic heterocycles. The molecule has 2 aromatic heterocycles. The van der Waals surface area contributed by atoms with Crippen LogP contribution < -0.4 is 11.1 Å². The van der Waals surface area contributed by atoms with E-state index in [1.165, 1.54) is 16.5 Å². The molecule has 1 aromatic carbocycles. The Morgan fingerprint density at radius 1 is 1.19 bits per heavy atom. The predicted octanol–water partition coefficient (Wildman–Crippen LogP) is 2.38. The number of nitrogens with one attached hydrogen (secondary N) is 1. The van der Waals surface area contributed by atoms with Crippen LogP contribution in [0.3, 0.4) is 0 Å². The average Bonchev–Trinajstić information content (AvgIpc) is 3.59. The number of nitrogens with zero attached hydrogens (tertiary/aromatic N) is 4. The maximum Gasteiger partial charge on any atom is 0.245 e. The van der Waals surface area contributed by atoms with Gasteiger partial charge in [-0.05, 0) is 49.2 Å². The standard InChI is InChI=1S/C25H27ClN6O4/c1-15(33)25-19-12-16(11-18(34)9-10-27)5-8-20(19)32(30-25)14-24(36)31(17-6-7-17)13-23(35)29-22-4-2-3-21(26)28-22/h2-5,8,12,17H,6-7,9-11,13-14,27H2,1H3,(H,28,29,35). The summed E-state index contributed by atoms with van der Waals surface area (Å²) in [7, 11) is 0. The molecule has 2 amide bonds. The zero-order valence-corrected chi connectivity index (χ0v) is 20.6. The van der Waals surface area contributed by atoms with Crippen LogP contribution in [0, 0.1) is 0 Å². The van der Waals surface area contributed by atoms with E-state index in [9.17, 15) is 19.2 Å². The van der Waals surface area contributed by atoms with Gasteiger partial charge in [0.1, 0.15) is 35.5 Å². The number of nitrogens with two attached hydrogens (primary N) is 1. The monoisotopic (exact) mass is 510 g/mol. The van der Waals surface area contributed by atoms with Gasteiger partial charge in [0, 0.05) is 31.2 Å². The molecule has 0 bridgehead atoms. The molecule has 4 rings (SSSR count). The molecule has 11 heteroatoms. The predicted molar refractivity (Wildman–Crippen MR) is 135 cm³/mol. The highest BCUT2D eigenvalue weighted by Crippen LogP contribution is 2.28. The van der Waals surface area contributed by atoms with E-state index in [1.807, 2.05) is 0 Å². The second-order valence-corrected chi connectivity index (χ2v) is 9.20. The fraction of sp³-hybridized carbons (Fsp3) is 0.360. The van der Waals surface area contributed by atoms with E-state index >= 15 is 0 Å². The van der Waals surface area contributed by atoms with Crippen LogP contribution in [0.2, 0.25) is 5.15 Å². The molecule has 3 N–H and O–H groups in total. The molecular formula is C25H27ClN6O4. The molecule has 1 aliphatic rings. The highest BCUT2D eigenvalue weighted by molar-refractivity contribution is 6.29. The van der Waals surface area contributed by atoms with Crippen molar-refractivity contribution in [3.63, 3.8) is 0 Å². The van der Waals surface area contributed by atoms with Crippen LogP contribution in [0.25, 0.3) is 10.9 Å². The Balaban J connectivity index is 1.52. The number of ketones is 2. The normalized spacial score (nSPS) is 13.0. The summed E-state index contributed by atoms with van der Waals surface area (Å²) in [6, 6.07) is 10.2. The number of halogens is 1. The molecule has 1 fully saturated rings. The Kier molecular flexibility index (Phi) is 7.76. The van der Waals surface area contributed by atoms with Gasteiger partial charge in [-0.25, -0.2) is 4.98 Å². The van der Waals surface area contributed by atoms with Crippen molar-refractivity contribution in [3.05, 3.63) is 52.8 Å². The summed E-state index contributed by atoms with van der Waals surface area (Å²) in [5, 5.41) is 7.89. The second kappa shape index (κ2) is 11.0. The number of anilines is 1. The third-order valence-electron chi connectivity index (χ3n) is 5.86. The maximum absolute atomic E-state index is 13.3. The van der Waals surface area contributed by atoms with Gasteiger partial charge in [-0.1, -0.05) is 23.7 Å². The van der Waals surface area contributed by atoms with Crippen molar-refractivity contribution < 1.29 is 19.2 Å². The minimum absolute atomic E-state index is 0.00937. The third kappa shape index (κ3) is 6.13. The van der Waals surface area contributed by atoms with E-state index in [-0.39, 0.29) is 72.7 Å². The highest BCUT2D eigenvalue weighted by atomic mass is 35.5. The molecule has 1 saturated carbocycles. The van der Waals surface area contributed by atoms with Crippen molar-refractivity contribution in [2.45, 2.75) is 45.2 Å². The summed E-state index contributed by atoms with van der Waals surface area (Å²) >= 11 is 5.87. The number of amides is 2. The van der Waals surface area contributed by atoms with Crippen LogP contribution in [0.4, 0.5) is 5.82 Å². The molecule has 0 atom stereocenters. The van der Waals surface area contributed by atoms with E-state index < -0.39 is 0 Å². The average molecular weight is 511 g/mol. The Morgan fingerprint density at radius 3 is 2.64 bits per heavy atom. The molecule has 3 aromatic rings. The molecule has 0 spiro atoms. The summed E-state index contributed by atoms with van der Waals surface area (Å²) < 4.78 is 1.48. The summed E-state index contributed by atoms with van der Waals surface area (Å²) in [6.45, 7) is 1.42. The van der Waals surface area contributed by atoms with Crippen molar-refractivity contribution in [1.29, 1.82) is 0 Å². The number of benzene rings is 1. The molecule has 0 radical (unpaired) electrons. The molecular weight excluding hydrogens is 484 g/mol. The lowest BCUT2D eigenvalue weighted by atomic mass is 10.0. The van der Waals surface area contributed by atoms with E-state index in [2.05, 4.69) is 15.4 Å². The minimum atomic E-state index is -0.383. The number of carbonyl (C=O) groups excluding carboxylic acids is 4. The molecule has 0 unspecified atom stereocenters. The lowest BCUT2D eigenvalue weighted by molar-refractivity contribution is -0.135. The number of fused-ring (bicyclic) bond motifs is 1. The van der Waals surface area contributed by atoms with Gasteiger partial charge in [0.25, 0.3) is 0 Å². The Hall–Kier alpha value is -3.63. The fourth-order valence-corrected chi connectivity index (χ4v) is 4.20. The van der Waals surface area contributed by atoms with Crippen molar-refractivity contribution in [1.82, 2.24) is 19.7 Å². The van der Waals surface area contributed by atoms with Crippen LogP contribution in [0.5, 0.6) is 0 Å². The summed E-state index contributed by atoms with van der Waals surface area (Å²) in [5.74, 6) is -0.597. The first-order chi connectivity index (χ1) is 17.2. The van der Waals surface area contributed by atoms with E-state index in [1.54, 1.807) is 36.4 Å². The fourth-order valence-electron chi connectivity index (χ4n) is 4.04. The Morgan fingerprint density at radius 2 is 1.97 bits per heavy atom. The van der Waals surface area contributed by atoms with E-state index in [4.69, 9.17) is 17.3 Å². The van der Waals surface area contributed by atoms with Gasteiger partial charge in [0.05, 0.1) is 5.52 Å². The lowest BCUT2D eigenvalue weighted by Crippen LogP contribution is -2.41. The van der Waals surface area contributed by atoms with Gasteiger partial charge in [-0.3, -0.25) is 23.9 Å². The van der Waals surface area contributed by atoms with Crippen LogP contribution in [0.15, 0.2) is 36.4 Å². The quantitative estimate of drug-likeness (QED) is 0.298. The van der Waals surface area contributed by atoms with Crippen LogP contribution in [0.1, 0.15) is 42.2 Å². The van der Waals surface area contributed by atoms with E-state index in [0.717, 1.165) is 18.4 Å². The molecule has 2 heterocycles. The van der Waals surface area contributed by atoms with Gasteiger partial charge >= 0.3 is 0 Å². The summed E-state index contributed by atoms with van der Waals surface area (Å²) in [6.07, 6.45) is 2.12. The Labute approximate surface area is 212 Å². The molecule has 0 saturated heterocycles. The molecule has 10 nitrogen and oxygen atoms in total. The largest absolute Gasteiger partial charge is 0.330 e. The number of carbonyl (C=O) groups is 4. The van der Waals surface area contributed by atoms with Crippen LogP contribution in [-0.4, -0.2) is 62.2 Å². The second-order valence-electron chi connectivity index (χ2n) is 8.81. The zero-order chi connectivity index (χ0) is 25.8. The number of hydrogen-bond acceptors (Lipinski definition) is 7. The number of Topliss-reactive ketones (excluding diaryl/α,β-unsaturated/α-hetero) is 2. The third-order valence-corrected chi connectivity index (χ3v) is 6.07. The summed E-state index contributed by atoms with van der Waals surface area (Å²) in [5.41, 5.74) is 7.05. The van der Waals surface area contributed by atoms with Gasteiger partial charge in [-0.15, -0.1) is 0 Å². The van der Waals surface area contributed by atoms with Crippen LogP contribution in [-0.2, 0) is 27.3 Å². The van der Waals surface area contributed by atoms with Crippen molar-refractivity contribution in [2.24, 2.45) is 5.73 Å². The smallest absolute Gasteiger partial charge is 0.245 e. The number of hydrogen-bond donors (Lipinski definition) is 2. The van der Waals surface area contributed by atoms with Gasteiger partial charge in [0.15, 0.2) is 5.78 Å².